The van der Waals surface area contributed by atoms with E-state index >= 15 is 0 Å². The topological polar surface area (TPSA) is 75.3 Å². The molecule has 0 unspecified atom stereocenters. The van der Waals surface area contributed by atoms with Gasteiger partial charge in [-0.05, 0) is 36.1 Å². The number of aryl methyl sites for hydroxylation is 1. The summed E-state index contributed by atoms with van der Waals surface area (Å²) < 4.78 is 28.4. The first kappa shape index (κ1) is 17.0. The summed E-state index contributed by atoms with van der Waals surface area (Å²) in [6.45, 7) is 3.09. The average Bonchev–Trinajstić information content (AvgIpc) is 2.56. The van der Waals surface area contributed by atoms with Gasteiger partial charge in [0.15, 0.2) is 0 Å². The molecular weight excluding hydrogens is 336 g/mol. The number of hydrogen-bond donors (Lipinski definition) is 2. The van der Waals surface area contributed by atoms with E-state index in [1.54, 1.807) is 31.2 Å². The molecule has 0 aliphatic rings. The fourth-order valence-electron chi connectivity index (χ4n) is 2.68. The Hall–Kier alpha value is -2.86. The molecule has 2 N–H and O–H groups in total. The van der Waals surface area contributed by atoms with Crippen molar-refractivity contribution in [2.45, 2.75) is 18.7 Å². The van der Waals surface area contributed by atoms with Crippen molar-refractivity contribution in [1.82, 2.24) is 0 Å². The lowest BCUT2D eigenvalue weighted by Gasteiger charge is -2.14. The lowest BCUT2D eigenvalue weighted by molar-refractivity contribution is -0.114. The summed E-state index contributed by atoms with van der Waals surface area (Å²) in [4.78, 5) is 11.4. The average molecular weight is 354 g/mol. The number of hydrogen-bond acceptors (Lipinski definition) is 3. The van der Waals surface area contributed by atoms with E-state index in [2.05, 4.69) is 10.0 Å². The van der Waals surface area contributed by atoms with Crippen LogP contribution in [0, 0.1) is 6.92 Å². The highest BCUT2D eigenvalue weighted by Crippen LogP contribution is 2.27. The van der Waals surface area contributed by atoms with Crippen LogP contribution in [0.4, 0.5) is 11.4 Å². The van der Waals surface area contributed by atoms with E-state index in [-0.39, 0.29) is 10.8 Å². The fraction of sp³-hybridized carbons (Fsp3) is 0.105. The van der Waals surface area contributed by atoms with E-state index in [9.17, 15) is 13.2 Å². The van der Waals surface area contributed by atoms with Crippen molar-refractivity contribution < 1.29 is 13.2 Å². The molecule has 0 atom stereocenters. The zero-order chi connectivity index (χ0) is 18.0. The molecule has 0 aliphatic heterocycles. The Balaban J connectivity index is 2.03. The molecule has 6 heteroatoms. The largest absolute Gasteiger partial charge is 0.326 e. The molecule has 3 aromatic carbocycles. The minimum Gasteiger partial charge on any atom is -0.326 e. The Morgan fingerprint density at radius 3 is 2.44 bits per heavy atom. The third-order valence-electron chi connectivity index (χ3n) is 3.83. The molecule has 0 saturated carbocycles. The van der Waals surface area contributed by atoms with Crippen LogP contribution in [-0.4, -0.2) is 14.3 Å². The van der Waals surface area contributed by atoms with Crippen LogP contribution in [-0.2, 0) is 14.8 Å². The Labute approximate surface area is 146 Å². The van der Waals surface area contributed by atoms with Crippen LogP contribution >= 0.6 is 0 Å². The number of sulfonamides is 1. The zero-order valence-electron chi connectivity index (χ0n) is 13.9. The Bertz CT molecular complexity index is 1050. The molecule has 25 heavy (non-hydrogen) atoms. The van der Waals surface area contributed by atoms with Crippen molar-refractivity contribution in [3.05, 3.63) is 66.2 Å². The summed E-state index contributed by atoms with van der Waals surface area (Å²) in [6, 6.07) is 17.8. The number of carbonyl (C=O) groups excluding carboxylic acids is 1. The number of nitrogens with one attached hydrogen (secondary N) is 2. The second-order valence-corrected chi connectivity index (χ2v) is 7.44. The lowest BCUT2D eigenvalue weighted by Crippen LogP contribution is -2.15. The number of carbonyl (C=O) groups is 1. The first-order chi connectivity index (χ1) is 11.9. The number of benzene rings is 3. The molecule has 1 amide bonds. The van der Waals surface area contributed by atoms with Crippen molar-refractivity contribution in [1.29, 1.82) is 0 Å². The molecule has 3 rings (SSSR count). The number of rotatable bonds is 4. The van der Waals surface area contributed by atoms with Crippen molar-refractivity contribution in [2.24, 2.45) is 0 Å². The molecule has 0 spiro atoms. The highest BCUT2D eigenvalue weighted by atomic mass is 32.2. The monoisotopic (exact) mass is 354 g/mol. The molecule has 0 heterocycles. The van der Waals surface area contributed by atoms with Gasteiger partial charge in [0.1, 0.15) is 0 Å². The predicted octanol–water partition coefficient (Wildman–Crippen LogP) is 3.91. The Kier molecular flexibility index (Phi) is 4.46. The smallest absolute Gasteiger partial charge is 0.262 e. The van der Waals surface area contributed by atoms with Crippen molar-refractivity contribution in [3.63, 3.8) is 0 Å². The number of anilines is 2. The minimum absolute atomic E-state index is 0.131. The van der Waals surface area contributed by atoms with Gasteiger partial charge in [-0.3, -0.25) is 9.52 Å². The second kappa shape index (κ2) is 6.57. The molecule has 0 aliphatic carbocycles. The zero-order valence-corrected chi connectivity index (χ0v) is 14.7. The molecule has 0 radical (unpaired) electrons. The van der Waals surface area contributed by atoms with E-state index in [1.807, 2.05) is 30.3 Å². The van der Waals surface area contributed by atoms with Gasteiger partial charge in [0, 0.05) is 18.0 Å². The van der Waals surface area contributed by atoms with Crippen molar-refractivity contribution in [3.8, 4) is 0 Å². The molecule has 0 fully saturated rings. The Morgan fingerprint density at radius 2 is 1.68 bits per heavy atom. The summed E-state index contributed by atoms with van der Waals surface area (Å²) in [5, 5.41) is 4.38. The first-order valence-corrected chi connectivity index (χ1v) is 9.24. The van der Waals surface area contributed by atoms with Crippen LogP contribution in [0.25, 0.3) is 10.8 Å². The summed E-state index contributed by atoms with van der Waals surface area (Å²) in [5.74, 6) is -0.255. The van der Waals surface area contributed by atoms with Crippen LogP contribution in [0.3, 0.4) is 0 Å². The summed E-state index contributed by atoms with van der Waals surface area (Å²) >= 11 is 0. The summed E-state index contributed by atoms with van der Waals surface area (Å²) in [6.07, 6.45) is 0. The first-order valence-electron chi connectivity index (χ1n) is 7.76. The van der Waals surface area contributed by atoms with Crippen LogP contribution in [0.2, 0.25) is 0 Å². The van der Waals surface area contributed by atoms with E-state index in [1.165, 1.54) is 13.0 Å². The van der Waals surface area contributed by atoms with Gasteiger partial charge in [0.2, 0.25) is 5.91 Å². The van der Waals surface area contributed by atoms with Gasteiger partial charge in [-0.2, -0.15) is 0 Å². The van der Waals surface area contributed by atoms with Crippen LogP contribution < -0.4 is 10.0 Å². The molecule has 0 bridgehead atoms. The van der Waals surface area contributed by atoms with E-state index < -0.39 is 10.0 Å². The summed E-state index contributed by atoms with van der Waals surface area (Å²) in [7, 11) is -3.80. The van der Waals surface area contributed by atoms with E-state index in [0.29, 0.717) is 16.9 Å². The quantitative estimate of drug-likeness (QED) is 0.746. The van der Waals surface area contributed by atoms with Crippen molar-refractivity contribution >= 4 is 38.1 Å². The van der Waals surface area contributed by atoms with Crippen LogP contribution in [0.1, 0.15) is 12.5 Å². The molecule has 5 nitrogen and oxygen atoms in total. The number of amides is 1. The number of fused-ring (bicyclic) bond motifs is 1. The van der Waals surface area contributed by atoms with Gasteiger partial charge < -0.3 is 5.32 Å². The second-order valence-electron chi connectivity index (χ2n) is 5.79. The summed E-state index contributed by atoms with van der Waals surface area (Å²) in [5.41, 5.74) is 1.56. The highest BCUT2D eigenvalue weighted by Gasteiger charge is 2.19. The third kappa shape index (κ3) is 3.64. The fourth-order valence-corrected chi connectivity index (χ4v) is 4.04. The maximum atomic E-state index is 12.9. The molecule has 3 aromatic rings. The Morgan fingerprint density at radius 1 is 0.960 bits per heavy atom. The van der Waals surface area contributed by atoms with Gasteiger partial charge >= 0.3 is 0 Å². The predicted molar refractivity (Wildman–Crippen MR) is 100 cm³/mol. The van der Waals surface area contributed by atoms with Crippen molar-refractivity contribution in [2.75, 3.05) is 10.0 Å². The van der Waals surface area contributed by atoms with Crippen LogP contribution in [0.15, 0.2) is 65.6 Å². The normalized spacial score (nSPS) is 11.3. The lowest BCUT2D eigenvalue weighted by atomic mass is 10.1. The maximum Gasteiger partial charge on any atom is 0.262 e. The molecule has 128 valence electrons. The molecular formula is C19H18N2O3S. The van der Waals surface area contributed by atoms with E-state index in [0.717, 1.165) is 10.8 Å². The van der Waals surface area contributed by atoms with Gasteiger partial charge in [0.05, 0.1) is 10.6 Å². The molecule has 0 aromatic heterocycles. The minimum atomic E-state index is -3.80. The van der Waals surface area contributed by atoms with Gasteiger partial charge in [-0.25, -0.2) is 8.42 Å². The van der Waals surface area contributed by atoms with E-state index in [4.69, 9.17) is 0 Å². The standard InChI is InChI=1S/C19H18N2O3S/c1-13-10-11-16(20-14(2)22)12-19(13)25(23,24)21-18-9-5-7-15-6-3-4-8-17(15)18/h3-12,21H,1-2H3,(H,20,22). The third-order valence-corrected chi connectivity index (χ3v) is 5.34. The maximum absolute atomic E-state index is 12.9. The van der Waals surface area contributed by atoms with Gasteiger partial charge in [0.25, 0.3) is 10.0 Å². The highest BCUT2D eigenvalue weighted by molar-refractivity contribution is 7.92. The van der Waals surface area contributed by atoms with Gasteiger partial charge in [-0.1, -0.05) is 42.5 Å². The SMILES string of the molecule is CC(=O)Nc1ccc(C)c(S(=O)(=O)Nc2cccc3ccccc23)c1. The molecule has 0 saturated heterocycles. The van der Waals surface area contributed by atoms with Crippen LogP contribution in [0.5, 0.6) is 0 Å². The van der Waals surface area contributed by atoms with Gasteiger partial charge in [-0.15, -0.1) is 0 Å².